The molecule has 1 heterocycles. The first-order chi connectivity index (χ1) is 9.58. The third-order valence-electron chi connectivity index (χ3n) is 3.39. The molecule has 5 heteroatoms. The molecule has 0 aromatic carbocycles. The van der Waals surface area contributed by atoms with Gasteiger partial charge in [0.25, 0.3) is 5.91 Å². The Hall–Kier alpha value is -0.940. The molecule has 0 aliphatic heterocycles. The molecule has 1 amide bonds. The monoisotopic (exact) mass is 341 g/mol. The van der Waals surface area contributed by atoms with Crippen LogP contribution in [0.3, 0.4) is 0 Å². The average Bonchev–Trinajstić information content (AvgIpc) is 2.44. The van der Waals surface area contributed by atoms with Gasteiger partial charge >= 0.3 is 0 Å². The second kappa shape index (κ2) is 9.08. The molecule has 0 spiro atoms. The van der Waals surface area contributed by atoms with E-state index in [0.717, 1.165) is 32.5 Å². The second-order valence-corrected chi connectivity index (χ2v) is 5.64. The quantitative estimate of drug-likeness (QED) is 0.739. The van der Waals surface area contributed by atoms with Crippen LogP contribution in [0.25, 0.3) is 0 Å². The first-order valence-electron chi connectivity index (χ1n) is 7.22. The van der Waals surface area contributed by atoms with Crippen molar-refractivity contribution < 1.29 is 4.79 Å². The molecule has 112 valence electrons. The average molecular weight is 342 g/mol. The number of nitrogens with one attached hydrogen (secondary N) is 1. The predicted octanol–water partition coefficient (Wildman–Crippen LogP) is 3.08. The van der Waals surface area contributed by atoms with Crippen LogP contribution in [0.4, 0.5) is 0 Å². The minimum atomic E-state index is -0.0692. The molecular weight excluding hydrogens is 318 g/mol. The van der Waals surface area contributed by atoms with Crippen LogP contribution in [-0.4, -0.2) is 41.5 Å². The highest BCUT2D eigenvalue weighted by molar-refractivity contribution is 9.10. The van der Waals surface area contributed by atoms with Gasteiger partial charge in [0.15, 0.2) is 0 Å². The molecule has 20 heavy (non-hydrogen) atoms. The maximum absolute atomic E-state index is 12.1. The molecule has 0 saturated carbocycles. The number of hydrogen-bond acceptors (Lipinski definition) is 3. The van der Waals surface area contributed by atoms with Gasteiger partial charge in [0, 0.05) is 12.2 Å². The Morgan fingerprint density at radius 2 is 2.15 bits per heavy atom. The Labute approximate surface area is 130 Å². The van der Waals surface area contributed by atoms with Gasteiger partial charge in [-0.1, -0.05) is 13.8 Å². The van der Waals surface area contributed by atoms with Crippen LogP contribution < -0.4 is 5.32 Å². The summed E-state index contributed by atoms with van der Waals surface area (Å²) in [4.78, 5) is 18.6. The third kappa shape index (κ3) is 5.59. The van der Waals surface area contributed by atoms with Crippen LogP contribution in [0, 0.1) is 0 Å². The fourth-order valence-electron chi connectivity index (χ4n) is 2.09. The fraction of sp³-hybridized carbons (Fsp3) is 0.600. The van der Waals surface area contributed by atoms with Gasteiger partial charge < -0.3 is 10.2 Å². The van der Waals surface area contributed by atoms with Crippen molar-refractivity contribution in [3.63, 3.8) is 0 Å². The van der Waals surface area contributed by atoms with Crippen molar-refractivity contribution in [1.29, 1.82) is 0 Å². The van der Waals surface area contributed by atoms with E-state index in [0.29, 0.717) is 10.2 Å². The predicted molar refractivity (Wildman–Crippen MR) is 85.9 cm³/mol. The smallest absolute Gasteiger partial charge is 0.254 e. The number of carbonyl (C=O) groups excluding carboxylic acids is 1. The zero-order valence-corrected chi connectivity index (χ0v) is 14.1. The van der Waals surface area contributed by atoms with E-state index in [-0.39, 0.29) is 11.9 Å². The number of nitrogens with zero attached hydrogens (tertiary/aromatic N) is 2. The van der Waals surface area contributed by atoms with Crippen LogP contribution in [0.2, 0.25) is 0 Å². The number of halogens is 1. The maximum atomic E-state index is 12.1. The Morgan fingerprint density at radius 1 is 1.45 bits per heavy atom. The van der Waals surface area contributed by atoms with Crippen molar-refractivity contribution in [2.75, 3.05) is 19.6 Å². The number of hydrogen-bond donors (Lipinski definition) is 1. The molecule has 1 atom stereocenters. The van der Waals surface area contributed by atoms with E-state index in [2.05, 4.69) is 45.0 Å². The SMILES string of the molecule is CCN(CC)CCCC(C)NC(=O)c1cccnc1Br. The van der Waals surface area contributed by atoms with Gasteiger partial charge in [-0.2, -0.15) is 0 Å². The van der Waals surface area contributed by atoms with E-state index in [1.807, 2.05) is 6.92 Å². The van der Waals surface area contributed by atoms with Gasteiger partial charge in [-0.15, -0.1) is 0 Å². The lowest BCUT2D eigenvalue weighted by Crippen LogP contribution is -2.34. The highest BCUT2D eigenvalue weighted by atomic mass is 79.9. The lowest BCUT2D eigenvalue weighted by atomic mass is 10.1. The van der Waals surface area contributed by atoms with Crippen molar-refractivity contribution in [3.8, 4) is 0 Å². The summed E-state index contributed by atoms with van der Waals surface area (Å²) < 4.78 is 0.591. The van der Waals surface area contributed by atoms with E-state index in [9.17, 15) is 4.79 Å². The Morgan fingerprint density at radius 3 is 2.75 bits per heavy atom. The number of amides is 1. The number of rotatable bonds is 8. The zero-order valence-electron chi connectivity index (χ0n) is 12.5. The molecule has 0 fully saturated rings. The van der Waals surface area contributed by atoms with E-state index in [1.165, 1.54) is 0 Å². The van der Waals surface area contributed by atoms with Gasteiger partial charge in [0.1, 0.15) is 4.60 Å². The number of pyridine rings is 1. The Balaban J connectivity index is 2.37. The number of aromatic nitrogens is 1. The molecule has 4 nitrogen and oxygen atoms in total. The summed E-state index contributed by atoms with van der Waals surface area (Å²) in [6.07, 6.45) is 3.74. The van der Waals surface area contributed by atoms with Crippen LogP contribution in [0.1, 0.15) is 44.0 Å². The molecule has 1 unspecified atom stereocenters. The third-order valence-corrected chi connectivity index (χ3v) is 4.02. The molecular formula is C15H24BrN3O. The summed E-state index contributed by atoms with van der Waals surface area (Å²) in [7, 11) is 0. The van der Waals surface area contributed by atoms with Gasteiger partial charge in [-0.25, -0.2) is 4.98 Å². The van der Waals surface area contributed by atoms with Gasteiger partial charge in [0.05, 0.1) is 5.56 Å². The molecule has 1 aromatic rings. The van der Waals surface area contributed by atoms with Crippen LogP contribution in [0.15, 0.2) is 22.9 Å². The maximum Gasteiger partial charge on any atom is 0.254 e. The largest absolute Gasteiger partial charge is 0.350 e. The molecule has 1 rings (SSSR count). The zero-order chi connectivity index (χ0) is 15.0. The topological polar surface area (TPSA) is 45.2 Å². The normalized spacial score (nSPS) is 12.4. The van der Waals surface area contributed by atoms with Gasteiger partial charge in [-0.3, -0.25) is 4.79 Å². The fourth-order valence-corrected chi connectivity index (χ4v) is 2.52. The molecule has 0 aliphatic rings. The lowest BCUT2D eigenvalue weighted by molar-refractivity contribution is 0.0936. The van der Waals surface area contributed by atoms with Gasteiger partial charge in [-0.05, 0) is 67.5 Å². The van der Waals surface area contributed by atoms with Crippen molar-refractivity contribution in [3.05, 3.63) is 28.5 Å². The first-order valence-corrected chi connectivity index (χ1v) is 8.01. The van der Waals surface area contributed by atoms with Gasteiger partial charge in [0.2, 0.25) is 0 Å². The van der Waals surface area contributed by atoms with Crippen molar-refractivity contribution in [1.82, 2.24) is 15.2 Å². The van der Waals surface area contributed by atoms with Crippen LogP contribution in [-0.2, 0) is 0 Å². The highest BCUT2D eigenvalue weighted by Gasteiger charge is 2.13. The standard InChI is InChI=1S/C15H24BrN3O/c1-4-19(5-2)11-7-8-12(3)18-15(20)13-9-6-10-17-14(13)16/h6,9-10,12H,4-5,7-8,11H2,1-3H3,(H,18,20). The second-order valence-electron chi connectivity index (χ2n) is 4.89. The lowest BCUT2D eigenvalue weighted by Gasteiger charge is -2.19. The van der Waals surface area contributed by atoms with Crippen molar-refractivity contribution in [2.24, 2.45) is 0 Å². The summed E-state index contributed by atoms with van der Waals surface area (Å²) in [6.45, 7) is 9.65. The summed E-state index contributed by atoms with van der Waals surface area (Å²) in [6, 6.07) is 3.71. The Bertz CT molecular complexity index is 421. The number of carbonyl (C=O) groups is 1. The molecule has 0 bridgehead atoms. The van der Waals surface area contributed by atoms with E-state index < -0.39 is 0 Å². The molecule has 0 radical (unpaired) electrons. The molecule has 1 N–H and O–H groups in total. The molecule has 1 aromatic heterocycles. The first kappa shape index (κ1) is 17.1. The molecule has 0 saturated heterocycles. The van der Waals surface area contributed by atoms with E-state index in [1.54, 1.807) is 18.3 Å². The van der Waals surface area contributed by atoms with Crippen LogP contribution >= 0.6 is 15.9 Å². The highest BCUT2D eigenvalue weighted by Crippen LogP contribution is 2.12. The Kier molecular flexibility index (Phi) is 7.77. The molecule has 0 aliphatic carbocycles. The summed E-state index contributed by atoms with van der Waals surface area (Å²) in [5.41, 5.74) is 0.586. The van der Waals surface area contributed by atoms with Crippen molar-refractivity contribution >= 4 is 21.8 Å². The van der Waals surface area contributed by atoms with E-state index in [4.69, 9.17) is 0 Å². The minimum Gasteiger partial charge on any atom is -0.350 e. The summed E-state index contributed by atoms with van der Waals surface area (Å²) >= 11 is 3.30. The van der Waals surface area contributed by atoms with E-state index >= 15 is 0 Å². The summed E-state index contributed by atoms with van der Waals surface area (Å²) in [5.74, 6) is -0.0692. The van der Waals surface area contributed by atoms with Crippen molar-refractivity contribution in [2.45, 2.75) is 39.7 Å². The summed E-state index contributed by atoms with van der Waals surface area (Å²) in [5, 5.41) is 3.02. The minimum absolute atomic E-state index is 0.0692. The van der Waals surface area contributed by atoms with Crippen LogP contribution in [0.5, 0.6) is 0 Å².